The van der Waals surface area contributed by atoms with Gasteiger partial charge in [0, 0.05) is 24.2 Å². The highest BCUT2D eigenvalue weighted by Crippen LogP contribution is 2.29. The molecule has 0 spiro atoms. The van der Waals surface area contributed by atoms with Crippen LogP contribution >= 0.6 is 0 Å². The Kier molecular flexibility index (Phi) is 8.05. The molecule has 10 heteroatoms. The van der Waals surface area contributed by atoms with Crippen molar-refractivity contribution in [2.24, 2.45) is 0 Å². The van der Waals surface area contributed by atoms with Gasteiger partial charge in [0.25, 0.3) is 0 Å². The van der Waals surface area contributed by atoms with E-state index in [2.05, 4.69) is 4.72 Å². The zero-order valence-corrected chi connectivity index (χ0v) is 19.6. The Bertz CT molecular complexity index is 1210. The third-order valence-corrected chi connectivity index (χ3v) is 7.63. The highest BCUT2D eigenvalue weighted by atomic mass is 32.2. The molecule has 2 aromatic carbocycles. The molecule has 182 valence electrons. The van der Waals surface area contributed by atoms with Crippen molar-refractivity contribution < 1.29 is 32.0 Å². The fourth-order valence-electron chi connectivity index (χ4n) is 4.47. The number of nitrogens with one attached hydrogen (secondary N) is 1. The van der Waals surface area contributed by atoms with Gasteiger partial charge < -0.3 is 19.2 Å². The minimum Gasteiger partial charge on any atom is -0.464 e. The fraction of sp³-hybridized carbons (Fsp3) is 0.417. The number of rotatable bonds is 8. The zero-order valence-electron chi connectivity index (χ0n) is 18.8. The zero-order chi connectivity index (χ0) is 24.1. The molecule has 3 N–H and O–H groups in total. The van der Waals surface area contributed by atoms with Crippen LogP contribution in [0.1, 0.15) is 48.3 Å². The molecule has 7 nitrogen and oxygen atoms in total. The summed E-state index contributed by atoms with van der Waals surface area (Å²) >= 11 is 0. The standard InChI is InChI=1S/C24H29BFNO6S/c26-22-9-8-18(17-5-3-4-11-32-12-10-17)13-20(22)16-34(30,31)27-24(25(28)29)14-19-15-33-23-7-2-1-6-21(19)23/h1-2,6-9,13,15,17,24,27-29H,3-5,10-12,14,16H2/t17?,24-/m0/s1. The van der Waals surface area contributed by atoms with E-state index in [1.165, 1.54) is 12.3 Å². The highest BCUT2D eigenvalue weighted by molar-refractivity contribution is 7.88. The van der Waals surface area contributed by atoms with Crippen LogP contribution < -0.4 is 4.72 Å². The van der Waals surface area contributed by atoms with Gasteiger partial charge in [-0.1, -0.05) is 36.8 Å². The normalized spacial score (nSPS) is 18.4. The Morgan fingerprint density at radius 3 is 2.74 bits per heavy atom. The number of para-hydroxylation sites is 1. The first-order valence-electron chi connectivity index (χ1n) is 11.5. The van der Waals surface area contributed by atoms with E-state index >= 15 is 0 Å². The van der Waals surface area contributed by atoms with Gasteiger partial charge in [0.1, 0.15) is 11.4 Å². The van der Waals surface area contributed by atoms with E-state index in [0.717, 1.165) is 43.2 Å². The van der Waals surface area contributed by atoms with Crippen molar-refractivity contribution in [3.63, 3.8) is 0 Å². The van der Waals surface area contributed by atoms with Crippen molar-refractivity contribution in [1.82, 2.24) is 4.72 Å². The van der Waals surface area contributed by atoms with Crippen molar-refractivity contribution in [1.29, 1.82) is 0 Å². The molecule has 0 radical (unpaired) electrons. The predicted octanol–water partition coefficient (Wildman–Crippen LogP) is 3.29. The number of benzene rings is 2. The molecule has 0 amide bonds. The fourth-order valence-corrected chi connectivity index (χ4v) is 5.85. The number of sulfonamides is 1. The van der Waals surface area contributed by atoms with Gasteiger partial charge >= 0.3 is 7.12 Å². The van der Waals surface area contributed by atoms with E-state index in [4.69, 9.17) is 9.15 Å². The van der Waals surface area contributed by atoms with Gasteiger partial charge in [-0.3, -0.25) is 0 Å². The predicted molar refractivity (Wildman–Crippen MR) is 128 cm³/mol. The molecule has 1 unspecified atom stereocenters. The molecule has 0 bridgehead atoms. The van der Waals surface area contributed by atoms with Crippen molar-refractivity contribution in [3.8, 4) is 0 Å². The molecule has 3 aromatic rings. The van der Waals surface area contributed by atoms with Gasteiger partial charge in [-0.05, 0) is 54.9 Å². The van der Waals surface area contributed by atoms with E-state index in [0.29, 0.717) is 17.8 Å². The second-order valence-corrected chi connectivity index (χ2v) is 10.6. The molecule has 1 aliphatic heterocycles. The van der Waals surface area contributed by atoms with Crippen LogP contribution in [0.3, 0.4) is 0 Å². The lowest BCUT2D eigenvalue weighted by molar-refractivity contribution is 0.111. The van der Waals surface area contributed by atoms with Crippen LogP contribution in [0.15, 0.2) is 53.1 Å². The van der Waals surface area contributed by atoms with E-state index < -0.39 is 34.7 Å². The van der Waals surface area contributed by atoms with Crippen LogP contribution in [-0.4, -0.2) is 44.7 Å². The number of ether oxygens (including phenoxy) is 1. The Balaban J connectivity index is 1.49. The Labute approximate surface area is 199 Å². The van der Waals surface area contributed by atoms with Gasteiger partial charge in [0.15, 0.2) is 0 Å². The minimum absolute atomic E-state index is 0.00148. The van der Waals surface area contributed by atoms with E-state index in [-0.39, 0.29) is 17.9 Å². The van der Waals surface area contributed by atoms with Crippen LogP contribution in [0.2, 0.25) is 0 Å². The van der Waals surface area contributed by atoms with E-state index in [1.54, 1.807) is 18.2 Å². The van der Waals surface area contributed by atoms with Gasteiger partial charge in [-0.2, -0.15) is 0 Å². The van der Waals surface area contributed by atoms with Crippen LogP contribution in [0.25, 0.3) is 11.0 Å². The third kappa shape index (κ3) is 6.25. The Morgan fingerprint density at radius 1 is 1.09 bits per heavy atom. The molecule has 1 aliphatic rings. The second kappa shape index (κ2) is 11.0. The molecule has 0 aliphatic carbocycles. The molecule has 34 heavy (non-hydrogen) atoms. The molecular formula is C24H29BFNO6S. The van der Waals surface area contributed by atoms with Crippen molar-refractivity contribution in [2.75, 3.05) is 13.2 Å². The summed E-state index contributed by atoms with van der Waals surface area (Å²) in [4.78, 5) is 0. The summed E-state index contributed by atoms with van der Waals surface area (Å²) in [5.41, 5.74) is 2.19. The molecule has 1 aromatic heterocycles. The number of fused-ring (bicyclic) bond motifs is 1. The van der Waals surface area contributed by atoms with E-state index in [9.17, 15) is 22.9 Å². The summed E-state index contributed by atoms with van der Waals surface area (Å²) in [6.07, 6.45) is 5.18. The highest BCUT2D eigenvalue weighted by Gasteiger charge is 2.30. The maximum absolute atomic E-state index is 14.6. The summed E-state index contributed by atoms with van der Waals surface area (Å²) in [6.45, 7) is 1.37. The lowest BCUT2D eigenvalue weighted by atomic mass is 9.77. The number of halogens is 1. The Hall–Kier alpha value is -2.24. The summed E-state index contributed by atoms with van der Waals surface area (Å²) in [7, 11) is -6.03. The maximum Gasteiger partial charge on any atom is 0.471 e. The van der Waals surface area contributed by atoms with Crippen LogP contribution in [0.5, 0.6) is 0 Å². The Morgan fingerprint density at radius 2 is 1.91 bits per heavy atom. The summed E-state index contributed by atoms with van der Waals surface area (Å²) in [5, 5.41) is 20.4. The van der Waals surface area contributed by atoms with Crippen molar-refractivity contribution >= 4 is 28.1 Å². The number of hydrogen-bond acceptors (Lipinski definition) is 6. The van der Waals surface area contributed by atoms with Crippen LogP contribution in [0.4, 0.5) is 4.39 Å². The van der Waals surface area contributed by atoms with Crippen molar-refractivity contribution in [2.45, 2.75) is 49.7 Å². The molecule has 4 rings (SSSR count). The SMILES string of the molecule is O=S(=O)(Cc1cc(C2CCCCOCC2)ccc1F)N[C@@H](Cc1coc2ccccc12)B(O)O. The first kappa shape index (κ1) is 24.9. The van der Waals surface area contributed by atoms with Crippen molar-refractivity contribution in [3.05, 3.63) is 71.2 Å². The largest absolute Gasteiger partial charge is 0.471 e. The molecule has 2 heterocycles. The smallest absolute Gasteiger partial charge is 0.464 e. The van der Waals surface area contributed by atoms with E-state index in [1.807, 2.05) is 18.2 Å². The average molecular weight is 489 g/mol. The molecule has 0 saturated carbocycles. The topological polar surface area (TPSA) is 109 Å². The van der Waals surface area contributed by atoms with Gasteiger partial charge in [-0.15, -0.1) is 0 Å². The summed E-state index contributed by atoms with van der Waals surface area (Å²) < 4.78 is 53.7. The third-order valence-electron chi connectivity index (χ3n) is 6.28. The lowest BCUT2D eigenvalue weighted by Gasteiger charge is -2.21. The average Bonchev–Trinajstić information content (AvgIpc) is 3.17. The van der Waals surface area contributed by atoms with Gasteiger partial charge in [0.2, 0.25) is 10.0 Å². The number of hydrogen-bond donors (Lipinski definition) is 3. The van der Waals surface area contributed by atoms with Crippen LogP contribution in [-0.2, 0) is 26.9 Å². The lowest BCUT2D eigenvalue weighted by Crippen LogP contribution is -2.48. The molecular weight excluding hydrogens is 460 g/mol. The quantitative estimate of drug-likeness (QED) is 0.419. The first-order valence-corrected chi connectivity index (χ1v) is 13.1. The minimum atomic E-state index is -4.08. The molecule has 1 saturated heterocycles. The number of furan rings is 1. The molecule has 2 atom stereocenters. The van der Waals surface area contributed by atoms with Gasteiger partial charge in [-0.25, -0.2) is 17.5 Å². The van der Waals surface area contributed by atoms with Gasteiger partial charge in [0.05, 0.1) is 18.0 Å². The first-order chi connectivity index (χ1) is 16.3. The summed E-state index contributed by atoms with van der Waals surface area (Å²) in [6, 6.07) is 11.8. The monoisotopic (exact) mass is 489 g/mol. The summed E-state index contributed by atoms with van der Waals surface area (Å²) in [5.74, 6) is -2.26. The van der Waals surface area contributed by atoms with Crippen LogP contribution in [0, 0.1) is 5.82 Å². The second-order valence-electron chi connectivity index (χ2n) is 8.80. The molecule has 1 fully saturated rings. The maximum atomic E-state index is 14.6.